The van der Waals surface area contributed by atoms with Gasteiger partial charge in [0.25, 0.3) is 5.91 Å². The van der Waals surface area contributed by atoms with Crippen molar-refractivity contribution in [3.8, 4) is 0 Å². The Balaban J connectivity index is 1.81. The van der Waals surface area contributed by atoms with Gasteiger partial charge in [-0.15, -0.1) is 0 Å². The van der Waals surface area contributed by atoms with Crippen molar-refractivity contribution in [3.05, 3.63) is 36.1 Å². The summed E-state index contributed by atoms with van der Waals surface area (Å²) in [5.41, 5.74) is 1.02. The maximum atomic E-state index is 12.2. The molecule has 1 fully saturated rings. The summed E-state index contributed by atoms with van der Waals surface area (Å²) in [5, 5.41) is 12.5. The van der Waals surface area contributed by atoms with Crippen LogP contribution in [0.25, 0.3) is 11.0 Å². The third-order valence-corrected chi connectivity index (χ3v) is 3.44. The van der Waals surface area contributed by atoms with Gasteiger partial charge >= 0.3 is 5.97 Å². The Bertz CT molecular complexity index is 662. The van der Waals surface area contributed by atoms with Gasteiger partial charge in [-0.2, -0.15) is 0 Å². The number of ether oxygens (including phenoxy) is 1. The molecule has 2 aromatic rings. The molecule has 1 amide bonds. The van der Waals surface area contributed by atoms with Gasteiger partial charge in [-0.05, 0) is 6.07 Å². The Kier molecular flexibility index (Phi) is 3.15. The molecule has 1 aliphatic heterocycles. The molecule has 104 valence electrons. The number of furan rings is 1. The van der Waals surface area contributed by atoms with Crippen molar-refractivity contribution in [1.29, 1.82) is 0 Å². The number of hydrogen-bond donors (Lipinski definition) is 2. The Hall–Kier alpha value is -2.34. The van der Waals surface area contributed by atoms with Gasteiger partial charge < -0.3 is 19.6 Å². The molecule has 2 heterocycles. The number of benzene rings is 1. The standard InChI is InChI=1S/C14H13NO5/c16-13(15-11-7-19-5-10(11)14(17)18)9-6-20-12-4-2-1-3-8(9)12/h1-4,6,10-11H,5,7H2,(H,15,16)(H,17,18). The molecule has 1 aromatic heterocycles. The molecule has 6 heteroatoms. The molecule has 6 nitrogen and oxygen atoms in total. The maximum Gasteiger partial charge on any atom is 0.311 e. The minimum absolute atomic E-state index is 0.117. The molecule has 0 bridgehead atoms. The number of aliphatic carboxylic acids is 1. The van der Waals surface area contributed by atoms with Crippen molar-refractivity contribution in [2.24, 2.45) is 5.92 Å². The van der Waals surface area contributed by atoms with E-state index in [1.54, 1.807) is 12.1 Å². The maximum absolute atomic E-state index is 12.2. The number of nitrogens with one attached hydrogen (secondary N) is 1. The second-order valence-corrected chi connectivity index (χ2v) is 4.71. The first-order valence-corrected chi connectivity index (χ1v) is 6.24. The van der Waals surface area contributed by atoms with E-state index in [4.69, 9.17) is 14.3 Å². The number of carbonyl (C=O) groups is 2. The van der Waals surface area contributed by atoms with Gasteiger partial charge in [-0.25, -0.2) is 0 Å². The number of fused-ring (bicyclic) bond motifs is 1. The first-order chi connectivity index (χ1) is 9.66. The Morgan fingerprint density at radius 3 is 2.85 bits per heavy atom. The van der Waals surface area contributed by atoms with E-state index in [-0.39, 0.29) is 19.1 Å². The van der Waals surface area contributed by atoms with E-state index >= 15 is 0 Å². The molecular formula is C14H13NO5. The van der Waals surface area contributed by atoms with Gasteiger partial charge in [0.1, 0.15) is 17.8 Å². The number of carbonyl (C=O) groups excluding carboxylic acids is 1. The zero-order valence-electron chi connectivity index (χ0n) is 10.5. The smallest absolute Gasteiger partial charge is 0.311 e. The lowest BCUT2D eigenvalue weighted by Gasteiger charge is -2.15. The molecule has 0 spiro atoms. The third kappa shape index (κ3) is 2.14. The van der Waals surface area contributed by atoms with Crippen molar-refractivity contribution >= 4 is 22.8 Å². The van der Waals surface area contributed by atoms with Crippen LogP contribution in [0.15, 0.2) is 34.9 Å². The molecule has 3 rings (SSSR count). The molecule has 1 saturated heterocycles. The van der Waals surface area contributed by atoms with Gasteiger partial charge in [0.2, 0.25) is 0 Å². The van der Waals surface area contributed by atoms with Crippen molar-refractivity contribution in [2.45, 2.75) is 6.04 Å². The zero-order valence-corrected chi connectivity index (χ0v) is 10.5. The van der Waals surface area contributed by atoms with Gasteiger partial charge in [0, 0.05) is 5.39 Å². The first-order valence-electron chi connectivity index (χ1n) is 6.24. The summed E-state index contributed by atoms with van der Waals surface area (Å²) in [5.74, 6) is -2.03. The quantitative estimate of drug-likeness (QED) is 0.880. The van der Waals surface area contributed by atoms with E-state index in [0.29, 0.717) is 16.5 Å². The number of amides is 1. The highest BCUT2D eigenvalue weighted by Crippen LogP contribution is 2.21. The highest BCUT2D eigenvalue weighted by molar-refractivity contribution is 6.06. The Morgan fingerprint density at radius 1 is 1.25 bits per heavy atom. The Labute approximate surface area is 114 Å². The summed E-state index contributed by atoms with van der Waals surface area (Å²) >= 11 is 0. The van der Waals surface area contributed by atoms with Crippen LogP contribution in [0.4, 0.5) is 0 Å². The van der Waals surface area contributed by atoms with Crippen LogP contribution in [0, 0.1) is 5.92 Å². The second-order valence-electron chi connectivity index (χ2n) is 4.71. The summed E-state index contributed by atoms with van der Waals surface area (Å²) in [7, 11) is 0. The topological polar surface area (TPSA) is 88.8 Å². The van der Waals surface area contributed by atoms with Crippen LogP contribution in [0.5, 0.6) is 0 Å². The third-order valence-electron chi connectivity index (χ3n) is 3.44. The van der Waals surface area contributed by atoms with Crippen molar-refractivity contribution in [3.63, 3.8) is 0 Å². The van der Waals surface area contributed by atoms with Crippen LogP contribution >= 0.6 is 0 Å². The van der Waals surface area contributed by atoms with Gasteiger partial charge in [0.05, 0.1) is 24.8 Å². The number of para-hydroxylation sites is 1. The van der Waals surface area contributed by atoms with Crippen molar-refractivity contribution < 1.29 is 23.8 Å². The molecule has 0 aliphatic carbocycles. The van der Waals surface area contributed by atoms with Crippen LogP contribution < -0.4 is 5.32 Å². The molecule has 2 unspecified atom stereocenters. The molecule has 0 radical (unpaired) electrons. The summed E-state index contributed by atoms with van der Waals surface area (Å²) in [4.78, 5) is 23.3. The Morgan fingerprint density at radius 2 is 2.05 bits per heavy atom. The van der Waals surface area contributed by atoms with Crippen LogP contribution in [0.2, 0.25) is 0 Å². The minimum atomic E-state index is -0.968. The number of carboxylic acids is 1. The minimum Gasteiger partial charge on any atom is -0.481 e. The lowest BCUT2D eigenvalue weighted by molar-refractivity contribution is -0.142. The SMILES string of the molecule is O=C(NC1COCC1C(=O)O)c1coc2ccccc12. The molecular weight excluding hydrogens is 262 g/mol. The molecule has 20 heavy (non-hydrogen) atoms. The van der Waals surface area contributed by atoms with E-state index in [9.17, 15) is 9.59 Å². The number of carboxylic acid groups (broad SMARTS) is 1. The average Bonchev–Trinajstić information content (AvgIpc) is 3.04. The van der Waals surface area contributed by atoms with Crippen LogP contribution in [0.1, 0.15) is 10.4 Å². The predicted octanol–water partition coefficient (Wildman–Crippen LogP) is 1.26. The average molecular weight is 275 g/mol. The lowest BCUT2D eigenvalue weighted by atomic mass is 10.0. The largest absolute Gasteiger partial charge is 0.481 e. The van der Waals surface area contributed by atoms with Crippen LogP contribution in [-0.2, 0) is 9.53 Å². The van der Waals surface area contributed by atoms with Crippen molar-refractivity contribution in [1.82, 2.24) is 5.32 Å². The van der Waals surface area contributed by atoms with Gasteiger partial charge in [-0.3, -0.25) is 9.59 Å². The lowest BCUT2D eigenvalue weighted by Crippen LogP contribution is -2.42. The van der Waals surface area contributed by atoms with Crippen LogP contribution in [0.3, 0.4) is 0 Å². The van der Waals surface area contributed by atoms with Crippen molar-refractivity contribution in [2.75, 3.05) is 13.2 Å². The molecule has 1 aliphatic rings. The molecule has 2 N–H and O–H groups in total. The van der Waals surface area contributed by atoms with E-state index in [0.717, 1.165) is 0 Å². The summed E-state index contributed by atoms with van der Waals surface area (Å²) in [6.45, 7) is 0.324. The summed E-state index contributed by atoms with van der Waals surface area (Å²) in [6, 6.07) is 6.67. The monoisotopic (exact) mass is 275 g/mol. The van der Waals surface area contributed by atoms with Gasteiger partial charge in [-0.1, -0.05) is 18.2 Å². The number of rotatable bonds is 3. The predicted molar refractivity (Wildman–Crippen MR) is 69.4 cm³/mol. The highest BCUT2D eigenvalue weighted by Gasteiger charge is 2.35. The molecule has 2 atom stereocenters. The fraction of sp³-hybridized carbons (Fsp3) is 0.286. The molecule has 1 aromatic carbocycles. The van der Waals surface area contributed by atoms with E-state index in [1.807, 2.05) is 12.1 Å². The molecule has 0 saturated carbocycles. The summed E-state index contributed by atoms with van der Waals surface area (Å²) in [6.07, 6.45) is 1.38. The fourth-order valence-electron chi connectivity index (χ4n) is 2.34. The van der Waals surface area contributed by atoms with E-state index in [1.165, 1.54) is 6.26 Å². The number of hydrogen-bond acceptors (Lipinski definition) is 4. The summed E-state index contributed by atoms with van der Waals surface area (Å²) < 4.78 is 10.4. The van der Waals surface area contributed by atoms with Gasteiger partial charge in [0.15, 0.2) is 0 Å². The van der Waals surface area contributed by atoms with E-state index in [2.05, 4.69) is 5.32 Å². The van der Waals surface area contributed by atoms with E-state index < -0.39 is 17.9 Å². The normalized spacial score (nSPS) is 22.0. The fourth-order valence-corrected chi connectivity index (χ4v) is 2.34. The zero-order chi connectivity index (χ0) is 14.1. The first kappa shape index (κ1) is 12.7. The van der Waals surface area contributed by atoms with Crippen LogP contribution in [-0.4, -0.2) is 36.2 Å². The highest BCUT2D eigenvalue weighted by atomic mass is 16.5. The second kappa shape index (κ2) is 4.97.